The summed E-state index contributed by atoms with van der Waals surface area (Å²) >= 11 is 0. The number of nitrogens with zero attached hydrogens (tertiary/aromatic N) is 6. The number of amides is 1. The normalized spacial score (nSPS) is 11.6. The molecule has 0 unspecified atom stereocenters. The van der Waals surface area contributed by atoms with E-state index in [1.54, 1.807) is 29.3 Å². The number of hydrogen-bond acceptors (Lipinski definition) is 8. The average Bonchev–Trinajstić information content (AvgIpc) is 3.74. The van der Waals surface area contributed by atoms with Gasteiger partial charge in [-0.1, -0.05) is 18.2 Å². The standard InChI is InChI=1S/C33H29F4N9O2/c1-48-27-15-21(5-10-26(27)43-32(47)24-9-6-22(16-25(24)34)33(35,36)37)29-28-30(38)41-18-42-31(28)46(44-29)23-7-3-20(4-8-23)17-39-11-2-13-45-14-12-40-19-45/h3-10,12,14-16,18-19,39H,2,11,13,17H2,1H3,(H,43,47)(H2,38,41,42). The first-order valence-electron chi connectivity index (χ1n) is 14.7. The summed E-state index contributed by atoms with van der Waals surface area (Å²) in [6, 6.07) is 14.3. The summed E-state index contributed by atoms with van der Waals surface area (Å²) in [6.07, 6.45) is 3.06. The fourth-order valence-electron chi connectivity index (χ4n) is 5.16. The lowest BCUT2D eigenvalue weighted by Gasteiger charge is -2.13. The molecule has 1 amide bonds. The molecule has 0 atom stereocenters. The maximum atomic E-state index is 14.4. The summed E-state index contributed by atoms with van der Waals surface area (Å²) in [6.45, 7) is 2.43. The number of nitrogens with one attached hydrogen (secondary N) is 2. The minimum Gasteiger partial charge on any atom is -0.495 e. The quantitative estimate of drug-likeness (QED) is 0.116. The van der Waals surface area contributed by atoms with Crippen LogP contribution in [0.2, 0.25) is 0 Å². The number of anilines is 2. The largest absolute Gasteiger partial charge is 0.495 e. The number of ether oxygens (including phenoxy) is 1. The minimum atomic E-state index is -4.75. The number of aryl methyl sites for hydroxylation is 1. The Balaban J connectivity index is 1.22. The summed E-state index contributed by atoms with van der Waals surface area (Å²) in [7, 11) is 1.37. The van der Waals surface area contributed by atoms with Gasteiger partial charge in [-0.05, 0) is 61.0 Å². The van der Waals surface area contributed by atoms with Crippen molar-refractivity contribution in [2.75, 3.05) is 24.7 Å². The summed E-state index contributed by atoms with van der Waals surface area (Å²) < 4.78 is 62.5. The van der Waals surface area contributed by atoms with Crippen LogP contribution in [0.3, 0.4) is 0 Å². The first-order valence-corrected chi connectivity index (χ1v) is 14.7. The van der Waals surface area contributed by atoms with Crippen LogP contribution in [0.15, 0.2) is 85.7 Å². The number of fused-ring (bicyclic) bond motifs is 1. The molecule has 0 aliphatic rings. The monoisotopic (exact) mass is 659 g/mol. The Labute approximate surface area is 271 Å². The topological polar surface area (TPSA) is 138 Å². The van der Waals surface area contributed by atoms with E-state index in [2.05, 4.69) is 25.6 Å². The number of benzene rings is 3. The van der Waals surface area contributed by atoms with Crippen molar-refractivity contribution in [2.45, 2.75) is 25.7 Å². The highest BCUT2D eigenvalue weighted by atomic mass is 19.4. The fraction of sp³-hybridized carbons (Fsp3) is 0.182. The van der Waals surface area contributed by atoms with Gasteiger partial charge in [0, 0.05) is 31.0 Å². The van der Waals surface area contributed by atoms with E-state index in [1.165, 1.54) is 19.5 Å². The van der Waals surface area contributed by atoms with Gasteiger partial charge >= 0.3 is 6.18 Å². The number of aromatic nitrogens is 6. The molecule has 0 aliphatic heterocycles. The van der Waals surface area contributed by atoms with Crippen LogP contribution in [-0.2, 0) is 19.3 Å². The molecule has 0 spiro atoms. The molecule has 0 saturated carbocycles. The molecule has 4 N–H and O–H groups in total. The molecule has 3 aromatic carbocycles. The van der Waals surface area contributed by atoms with E-state index in [9.17, 15) is 22.4 Å². The van der Waals surface area contributed by atoms with Gasteiger partial charge in [0.05, 0.1) is 41.3 Å². The molecule has 3 aromatic heterocycles. The van der Waals surface area contributed by atoms with Crippen LogP contribution in [0.25, 0.3) is 28.0 Å². The number of nitrogens with two attached hydrogens (primary N) is 1. The second-order valence-corrected chi connectivity index (χ2v) is 10.8. The Morgan fingerprint density at radius 2 is 1.85 bits per heavy atom. The Kier molecular flexibility index (Phi) is 9.03. The van der Waals surface area contributed by atoms with Gasteiger partial charge in [-0.15, -0.1) is 0 Å². The Morgan fingerprint density at radius 1 is 1.04 bits per heavy atom. The number of methoxy groups -OCH3 is 1. The number of halogens is 4. The van der Waals surface area contributed by atoms with Gasteiger partial charge in [0.15, 0.2) is 5.65 Å². The van der Waals surface area contributed by atoms with E-state index >= 15 is 0 Å². The highest BCUT2D eigenvalue weighted by Crippen LogP contribution is 2.36. The number of carbonyl (C=O) groups excluding carboxylic acids is 1. The van der Waals surface area contributed by atoms with Gasteiger partial charge in [-0.2, -0.15) is 18.3 Å². The number of imidazole rings is 1. The van der Waals surface area contributed by atoms with Gasteiger partial charge in [-0.3, -0.25) is 4.79 Å². The predicted octanol–water partition coefficient (Wildman–Crippen LogP) is 5.86. The van der Waals surface area contributed by atoms with Crippen LogP contribution < -0.4 is 21.1 Å². The Morgan fingerprint density at radius 3 is 2.56 bits per heavy atom. The first kappa shape index (κ1) is 32.1. The number of carbonyl (C=O) groups is 1. The smallest absolute Gasteiger partial charge is 0.416 e. The lowest BCUT2D eigenvalue weighted by atomic mass is 10.1. The molecule has 0 radical (unpaired) electrons. The Hall–Kier alpha value is -5.83. The molecule has 6 rings (SSSR count). The van der Waals surface area contributed by atoms with E-state index in [1.807, 2.05) is 35.0 Å². The molecule has 0 fully saturated rings. The van der Waals surface area contributed by atoms with Crippen molar-refractivity contribution in [1.82, 2.24) is 34.6 Å². The van der Waals surface area contributed by atoms with Crippen molar-refractivity contribution in [3.05, 3.63) is 108 Å². The van der Waals surface area contributed by atoms with Crippen LogP contribution in [0, 0.1) is 5.82 Å². The molecular weight excluding hydrogens is 630 g/mol. The van der Waals surface area contributed by atoms with E-state index in [-0.39, 0.29) is 23.3 Å². The third-order valence-electron chi connectivity index (χ3n) is 7.60. The van der Waals surface area contributed by atoms with Crippen molar-refractivity contribution < 1.29 is 27.1 Å². The molecule has 0 aliphatic carbocycles. The molecule has 15 heteroatoms. The van der Waals surface area contributed by atoms with E-state index < -0.39 is 29.0 Å². The van der Waals surface area contributed by atoms with Crippen molar-refractivity contribution in [3.8, 4) is 22.7 Å². The van der Waals surface area contributed by atoms with Gasteiger partial charge in [0.1, 0.15) is 29.4 Å². The molecular formula is C33H29F4N9O2. The van der Waals surface area contributed by atoms with E-state index in [0.717, 1.165) is 36.8 Å². The molecule has 3 heterocycles. The highest BCUT2D eigenvalue weighted by molar-refractivity contribution is 6.06. The average molecular weight is 660 g/mol. The van der Waals surface area contributed by atoms with Gasteiger partial charge in [0.2, 0.25) is 0 Å². The zero-order chi connectivity index (χ0) is 33.8. The lowest BCUT2D eigenvalue weighted by molar-refractivity contribution is -0.137. The van der Waals surface area contributed by atoms with E-state index in [4.69, 9.17) is 15.6 Å². The predicted molar refractivity (Wildman–Crippen MR) is 171 cm³/mol. The van der Waals surface area contributed by atoms with Crippen molar-refractivity contribution in [2.24, 2.45) is 0 Å². The van der Waals surface area contributed by atoms with Crippen LogP contribution >= 0.6 is 0 Å². The Bertz CT molecular complexity index is 2060. The molecule has 6 aromatic rings. The van der Waals surface area contributed by atoms with Crippen molar-refractivity contribution in [3.63, 3.8) is 0 Å². The number of alkyl halides is 3. The van der Waals surface area contributed by atoms with Crippen LogP contribution in [0.4, 0.5) is 29.1 Å². The molecule has 48 heavy (non-hydrogen) atoms. The summed E-state index contributed by atoms with van der Waals surface area (Å²) in [5.74, 6) is -1.87. The second kappa shape index (κ2) is 13.5. The number of rotatable bonds is 11. The molecule has 246 valence electrons. The fourth-order valence-corrected chi connectivity index (χ4v) is 5.16. The lowest BCUT2D eigenvalue weighted by Crippen LogP contribution is -2.16. The molecule has 11 nitrogen and oxygen atoms in total. The number of hydrogen-bond donors (Lipinski definition) is 3. The van der Waals surface area contributed by atoms with Crippen molar-refractivity contribution in [1.29, 1.82) is 0 Å². The summed E-state index contributed by atoms with van der Waals surface area (Å²) in [5.41, 5.74) is 7.98. The highest BCUT2D eigenvalue weighted by Gasteiger charge is 2.32. The zero-order valence-electron chi connectivity index (χ0n) is 25.5. The van der Waals surface area contributed by atoms with Crippen LogP contribution in [0.5, 0.6) is 5.75 Å². The van der Waals surface area contributed by atoms with E-state index in [0.29, 0.717) is 34.9 Å². The van der Waals surface area contributed by atoms with Gasteiger partial charge in [-0.25, -0.2) is 24.0 Å². The molecule has 0 saturated heterocycles. The summed E-state index contributed by atoms with van der Waals surface area (Å²) in [4.78, 5) is 25.4. The summed E-state index contributed by atoms with van der Waals surface area (Å²) in [5, 5.41) is 11.2. The maximum absolute atomic E-state index is 14.4. The van der Waals surface area contributed by atoms with Gasteiger partial charge < -0.3 is 25.7 Å². The zero-order valence-corrected chi connectivity index (χ0v) is 25.5. The number of nitrogen functional groups attached to an aromatic ring is 1. The second-order valence-electron chi connectivity index (χ2n) is 10.8. The SMILES string of the molecule is COc1cc(-c2nn(-c3ccc(CNCCCn4ccnc4)cc3)c3ncnc(N)c23)ccc1NC(=O)c1ccc(C(F)(F)F)cc1F. The van der Waals surface area contributed by atoms with Crippen LogP contribution in [0.1, 0.15) is 27.9 Å². The third-order valence-corrected chi connectivity index (χ3v) is 7.60. The van der Waals surface area contributed by atoms with Crippen molar-refractivity contribution >= 4 is 28.4 Å². The minimum absolute atomic E-state index is 0.157. The third kappa shape index (κ3) is 6.80. The maximum Gasteiger partial charge on any atom is 0.416 e. The first-order chi connectivity index (χ1) is 23.1. The van der Waals surface area contributed by atoms with Crippen LogP contribution in [-0.4, -0.2) is 48.9 Å². The molecule has 0 bridgehead atoms. The van der Waals surface area contributed by atoms with Gasteiger partial charge in [0.25, 0.3) is 5.91 Å².